The first-order valence-corrected chi connectivity index (χ1v) is 7.71. The fourth-order valence-electron chi connectivity index (χ4n) is 2.16. The van der Waals surface area contributed by atoms with Crippen molar-refractivity contribution in [2.24, 2.45) is 0 Å². The number of aromatic nitrogens is 2. The van der Waals surface area contributed by atoms with Crippen LogP contribution < -0.4 is 5.32 Å². The molecule has 0 aliphatic carbocycles. The van der Waals surface area contributed by atoms with E-state index in [0.29, 0.717) is 0 Å². The molecule has 0 bridgehead atoms. The maximum absolute atomic E-state index is 9.59. The van der Waals surface area contributed by atoms with Crippen LogP contribution in [-0.4, -0.2) is 21.5 Å². The third-order valence-electron chi connectivity index (χ3n) is 3.31. The first-order valence-electron chi connectivity index (χ1n) is 6.83. The maximum atomic E-state index is 9.59. The molecule has 0 saturated carbocycles. The summed E-state index contributed by atoms with van der Waals surface area (Å²) in [6, 6.07) is 14.0. The van der Waals surface area contributed by atoms with Gasteiger partial charge >= 0.3 is 0 Å². The predicted molar refractivity (Wildman–Crippen MR) is 84.5 cm³/mol. The number of hydrogen-bond acceptors (Lipinski definition) is 4. The van der Waals surface area contributed by atoms with Crippen LogP contribution in [0.25, 0.3) is 5.69 Å². The Morgan fingerprint density at radius 3 is 2.76 bits per heavy atom. The number of nitrogens with zero attached hydrogens (tertiary/aromatic N) is 2. The van der Waals surface area contributed by atoms with E-state index in [1.807, 2.05) is 47.3 Å². The number of aliphatic hydroxyl groups excluding tert-OH is 1. The van der Waals surface area contributed by atoms with E-state index in [-0.39, 0.29) is 12.6 Å². The first kappa shape index (κ1) is 14.0. The van der Waals surface area contributed by atoms with E-state index in [9.17, 15) is 5.11 Å². The minimum absolute atomic E-state index is 0.0475. The van der Waals surface area contributed by atoms with Crippen LogP contribution in [0.15, 0.2) is 60.2 Å². The molecular weight excluding hydrogens is 282 g/mol. The zero-order chi connectivity index (χ0) is 14.5. The molecule has 2 N–H and O–H groups in total. The Hall–Kier alpha value is -1.95. The fourth-order valence-corrected chi connectivity index (χ4v) is 2.82. The number of benzene rings is 1. The van der Waals surface area contributed by atoms with Crippen LogP contribution in [0, 0.1) is 0 Å². The van der Waals surface area contributed by atoms with Crippen LogP contribution in [0.3, 0.4) is 0 Å². The Morgan fingerprint density at radius 2 is 2.05 bits per heavy atom. The van der Waals surface area contributed by atoms with Crippen LogP contribution in [-0.2, 0) is 6.54 Å². The molecule has 1 atom stereocenters. The van der Waals surface area contributed by atoms with Crippen LogP contribution >= 0.6 is 11.3 Å². The smallest absolute Gasteiger partial charge is 0.0645 e. The Bertz CT molecular complexity index is 664. The molecule has 108 valence electrons. The molecule has 0 amide bonds. The number of rotatable bonds is 6. The number of aliphatic hydroxyl groups is 1. The molecule has 21 heavy (non-hydrogen) atoms. The lowest BCUT2D eigenvalue weighted by Gasteiger charge is -2.13. The molecule has 3 rings (SSSR count). The van der Waals surface area contributed by atoms with Gasteiger partial charge in [0.05, 0.1) is 24.5 Å². The van der Waals surface area contributed by atoms with Gasteiger partial charge in [0.25, 0.3) is 0 Å². The van der Waals surface area contributed by atoms with Crippen molar-refractivity contribution in [2.45, 2.75) is 12.6 Å². The SMILES string of the molecule is OCC(NCc1cccs1)c1cnn(-c2ccccc2)c1. The molecule has 0 saturated heterocycles. The quantitative estimate of drug-likeness (QED) is 0.736. The summed E-state index contributed by atoms with van der Waals surface area (Å²) >= 11 is 1.71. The number of para-hydroxylation sites is 1. The summed E-state index contributed by atoms with van der Waals surface area (Å²) in [5.74, 6) is 0. The topological polar surface area (TPSA) is 50.1 Å². The van der Waals surface area contributed by atoms with Gasteiger partial charge < -0.3 is 10.4 Å². The van der Waals surface area contributed by atoms with Gasteiger partial charge in [0.1, 0.15) is 0 Å². The highest BCUT2D eigenvalue weighted by Gasteiger charge is 2.12. The highest BCUT2D eigenvalue weighted by atomic mass is 32.1. The monoisotopic (exact) mass is 299 g/mol. The van der Waals surface area contributed by atoms with E-state index >= 15 is 0 Å². The lowest BCUT2D eigenvalue weighted by molar-refractivity contribution is 0.244. The molecule has 0 spiro atoms. The number of thiophene rings is 1. The molecule has 2 heterocycles. The van der Waals surface area contributed by atoms with Crippen molar-refractivity contribution in [1.82, 2.24) is 15.1 Å². The predicted octanol–water partition coefficient (Wildman–Crippen LogP) is 2.76. The van der Waals surface area contributed by atoms with Gasteiger partial charge in [0, 0.05) is 23.2 Å². The summed E-state index contributed by atoms with van der Waals surface area (Å²) in [7, 11) is 0. The highest BCUT2D eigenvalue weighted by molar-refractivity contribution is 7.09. The van der Waals surface area contributed by atoms with Gasteiger partial charge in [-0.15, -0.1) is 11.3 Å². The molecular formula is C16H17N3OS. The van der Waals surface area contributed by atoms with E-state index in [4.69, 9.17) is 0 Å². The van der Waals surface area contributed by atoms with Crippen molar-refractivity contribution in [3.05, 3.63) is 70.7 Å². The second-order valence-corrected chi connectivity index (χ2v) is 5.78. The van der Waals surface area contributed by atoms with Crippen molar-refractivity contribution in [3.8, 4) is 5.69 Å². The van der Waals surface area contributed by atoms with Gasteiger partial charge in [-0.2, -0.15) is 5.10 Å². The molecule has 0 aliphatic heterocycles. The molecule has 5 heteroatoms. The van der Waals surface area contributed by atoms with E-state index in [2.05, 4.69) is 21.9 Å². The largest absolute Gasteiger partial charge is 0.394 e. The van der Waals surface area contributed by atoms with Crippen LogP contribution in [0.2, 0.25) is 0 Å². The van der Waals surface area contributed by atoms with Crippen LogP contribution in [0.4, 0.5) is 0 Å². The van der Waals surface area contributed by atoms with Crippen molar-refractivity contribution < 1.29 is 5.11 Å². The molecule has 4 nitrogen and oxygen atoms in total. The van der Waals surface area contributed by atoms with E-state index in [0.717, 1.165) is 17.8 Å². The normalized spacial score (nSPS) is 12.4. The lowest BCUT2D eigenvalue weighted by atomic mass is 10.2. The Morgan fingerprint density at radius 1 is 1.19 bits per heavy atom. The van der Waals surface area contributed by atoms with Crippen molar-refractivity contribution >= 4 is 11.3 Å². The molecule has 1 unspecified atom stereocenters. The average Bonchev–Trinajstić information content (AvgIpc) is 3.20. The van der Waals surface area contributed by atoms with Crippen molar-refractivity contribution in [3.63, 3.8) is 0 Å². The summed E-state index contributed by atoms with van der Waals surface area (Å²) in [4.78, 5) is 1.25. The third-order valence-corrected chi connectivity index (χ3v) is 4.19. The van der Waals surface area contributed by atoms with E-state index < -0.39 is 0 Å². The number of nitrogens with one attached hydrogen (secondary N) is 1. The first-order chi connectivity index (χ1) is 10.4. The Balaban J connectivity index is 1.71. The van der Waals surface area contributed by atoms with Crippen LogP contribution in [0.1, 0.15) is 16.5 Å². The second-order valence-electron chi connectivity index (χ2n) is 4.75. The summed E-state index contributed by atoms with van der Waals surface area (Å²) < 4.78 is 1.82. The summed E-state index contributed by atoms with van der Waals surface area (Å²) in [5, 5.41) is 19.4. The zero-order valence-electron chi connectivity index (χ0n) is 11.5. The summed E-state index contributed by atoms with van der Waals surface area (Å²) in [5.41, 5.74) is 2.00. The van der Waals surface area contributed by atoms with Gasteiger partial charge in [-0.3, -0.25) is 0 Å². The second kappa shape index (κ2) is 6.67. The third kappa shape index (κ3) is 3.39. The highest BCUT2D eigenvalue weighted by Crippen LogP contribution is 2.16. The summed E-state index contributed by atoms with van der Waals surface area (Å²) in [6.07, 6.45) is 3.76. The van der Waals surface area contributed by atoms with Gasteiger partial charge in [0.2, 0.25) is 0 Å². The summed E-state index contributed by atoms with van der Waals surface area (Å²) in [6.45, 7) is 0.797. The van der Waals surface area contributed by atoms with Gasteiger partial charge in [-0.1, -0.05) is 24.3 Å². The lowest BCUT2D eigenvalue weighted by Crippen LogP contribution is -2.23. The standard InChI is InChI=1S/C16H17N3OS/c20-12-16(17-10-15-7-4-8-21-15)13-9-18-19(11-13)14-5-2-1-3-6-14/h1-9,11,16-17,20H,10,12H2. The zero-order valence-corrected chi connectivity index (χ0v) is 12.3. The molecule has 0 fully saturated rings. The van der Waals surface area contributed by atoms with Crippen molar-refractivity contribution in [2.75, 3.05) is 6.61 Å². The van der Waals surface area contributed by atoms with Crippen molar-refractivity contribution in [1.29, 1.82) is 0 Å². The van der Waals surface area contributed by atoms with E-state index in [1.54, 1.807) is 17.5 Å². The molecule has 0 aliphatic rings. The molecule has 0 radical (unpaired) electrons. The molecule has 3 aromatic rings. The minimum Gasteiger partial charge on any atom is -0.394 e. The minimum atomic E-state index is -0.107. The van der Waals surface area contributed by atoms with Gasteiger partial charge in [-0.25, -0.2) is 4.68 Å². The van der Waals surface area contributed by atoms with E-state index in [1.165, 1.54) is 4.88 Å². The fraction of sp³-hybridized carbons (Fsp3) is 0.188. The van der Waals surface area contributed by atoms with Gasteiger partial charge in [-0.05, 0) is 23.6 Å². The molecule has 2 aromatic heterocycles. The Kier molecular flexibility index (Phi) is 4.45. The Labute approximate surface area is 127 Å². The van der Waals surface area contributed by atoms with Gasteiger partial charge in [0.15, 0.2) is 0 Å². The van der Waals surface area contributed by atoms with Crippen LogP contribution in [0.5, 0.6) is 0 Å². The molecule has 1 aromatic carbocycles. The number of hydrogen-bond donors (Lipinski definition) is 2. The maximum Gasteiger partial charge on any atom is 0.0645 e. The average molecular weight is 299 g/mol.